The number of nitrogens with zero attached hydrogens (tertiary/aromatic N) is 1. The molecule has 2 heteroatoms. The zero-order valence-corrected chi connectivity index (χ0v) is 12.5. The predicted octanol–water partition coefficient (Wildman–Crippen LogP) is 5.09. The molecular weight excluding hydrogens is 246 g/mol. The Morgan fingerprint density at radius 1 is 1.10 bits per heavy atom. The number of Topliss-reactive ketones (excluding diaryl/α,β-unsaturated/α-hetero) is 1. The molecule has 1 heterocycles. The minimum Gasteiger partial charge on any atom is -0.294 e. The Morgan fingerprint density at radius 3 is 2.65 bits per heavy atom. The van der Waals surface area contributed by atoms with Crippen LogP contribution in [0.2, 0.25) is 0 Å². The van der Waals surface area contributed by atoms with Gasteiger partial charge in [-0.1, -0.05) is 50.8 Å². The topological polar surface area (TPSA) is 30.0 Å². The summed E-state index contributed by atoms with van der Waals surface area (Å²) >= 11 is 0. The molecule has 0 saturated heterocycles. The van der Waals surface area contributed by atoms with E-state index >= 15 is 0 Å². The summed E-state index contributed by atoms with van der Waals surface area (Å²) in [6, 6.07) is 9.83. The highest BCUT2D eigenvalue weighted by molar-refractivity contribution is 6.07. The molecule has 0 spiro atoms. The maximum Gasteiger partial charge on any atom is 0.163 e. The second-order valence-electron chi connectivity index (χ2n) is 5.42. The number of hydrogen-bond acceptors (Lipinski definition) is 2. The van der Waals surface area contributed by atoms with Gasteiger partial charge in [0.1, 0.15) is 0 Å². The van der Waals surface area contributed by atoms with Gasteiger partial charge in [-0.05, 0) is 25.5 Å². The summed E-state index contributed by atoms with van der Waals surface area (Å²) in [5.41, 5.74) is 2.67. The number of hydrogen-bond donors (Lipinski definition) is 0. The molecule has 0 aliphatic carbocycles. The largest absolute Gasteiger partial charge is 0.294 e. The van der Waals surface area contributed by atoms with E-state index in [0.29, 0.717) is 6.42 Å². The van der Waals surface area contributed by atoms with Gasteiger partial charge in [0.2, 0.25) is 0 Å². The van der Waals surface area contributed by atoms with Crippen molar-refractivity contribution in [1.82, 2.24) is 4.98 Å². The van der Waals surface area contributed by atoms with Crippen molar-refractivity contribution in [3.63, 3.8) is 0 Å². The molecule has 0 aliphatic heterocycles. The van der Waals surface area contributed by atoms with E-state index in [1.54, 1.807) is 0 Å². The summed E-state index contributed by atoms with van der Waals surface area (Å²) in [6.45, 7) is 4.15. The third kappa shape index (κ3) is 3.66. The Kier molecular flexibility index (Phi) is 5.28. The van der Waals surface area contributed by atoms with E-state index in [0.717, 1.165) is 35.0 Å². The van der Waals surface area contributed by atoms with E-state index in [-0.39, 0.29) is 5.78 Å². The maximum atomic E-state index is 12.4. The maximum absolute atomic E-state index is 12.4. The van der Waals surface area contributed by atoms with Crippen molar-refractivity contribution in [1.29, 1.82) is 0 Å². The molecule has 106 valence electrons. The molecule has 0 saturated carbocycles. The minimum atomic E-state index is 0.253. The Labute approximate surface area is 121 Å². The van der Waals surface area contributed by atoms with Gasteiger partial charge in [-0.25, -0.2) is 0 Å². The van der Waals surface area contributed by atoms with Crippen molar-refractivity contribution < 1.29 is 4.79 Å². The highest BCUT2D eigenvalue weighted by Crippen LogP contribution is 2.20. The molecule has 2 aromatic rings. The van der Waals surface area contributed by atoms with Crippen LogP contribution in [0.3, 0.4) is 0 Å². The smallest absolute Gasteiger partial charge is 0.163 e. The number of carbonyl (C=O) groups is 1. The molecule has 2 rings (SSSR count). The number of pyridine rings is 1. The first-order valence-electron chi connectivity index (χ1n) is 7.62. The Morgan fingerprint density at radius 2 is 1.85 bits per heavy atom. The molecule has 0 bridgehead atoms. The van der Waals surface area contributed by atoms with Crippen molar-refractivity contribution in [3.8, 4) is 0 Å². The third-order valence-electron chi connectivity index (χ3n) is 3.65. The fourth-order valence-corrected chi connectivity index (χ4v) is 2.56. The van der Waals surface area contributed by atoms with Gasteiger partial charge >= 0.3 is 0 Å². The quantitative estimate of drug-likeness (QED) is 0.518. The zero-order chi connectivity index (χ0) is 14.4. The molecule has 0 N–H and O–H groups in total. The van der Waals surface area contributed by atoms with Crippen LogP contribution >= 0.6 is 0 Å². The van der Waals surface area contributed by atoms with Crippen LogP contribution in [0, 0.1) is 6.92 Å². The van der Waals surface area contributed by atoms with Gasteiger partial charge in [-0.3, -0.25) is 9.78 Å². The fraction of sp³-hybridized carbons (Fsp3) is 0.444. The lowest BCUT2D eigenvalue weighted by molar-refractivity contribution is 0.0980. The lowest BCUT2D eigenvalue weighted by Crippen LogP contribution is -2.02. The number of fused-ring (bicyclic) bond motifs is 1. The number of aryl methyl sites for hydroxylation is 1. The van der Waals surface area contributed by atoms with E-state index in [2.05, 4.69) is 11.9 Å². The summed E-state index contributed by atoms with van der Waals surface area (Å²) in [6.07, 6.45) is 6.54. The average Bonchev–Trinajstić information content (AvgIpc) is 2.46. The van der Waals surface area contributed by atoms with Crippen LogP contribution in [0.15, 0.2) is 30.3 Å². The average molecular weight is 269 g/mol. The molecule has 0 fully saturated rings. The first kappa shape index (κ1) is 14.7. The number of unbranched alkanes of at least 4 members (excludes halogenated alkanes) is 4. The van der Waals surface area contributed by atoms with Crippen molar-refractivity contribution in [3.05, 3.63) is 41.6 Å². The van der Waals surface area contributed by atoms with E-state index in [1.807, 2.05) is 37.3 Å². The molecule has 0 radical (unpaired) electrons. The molecule has 0 amide bonds. The van der Waals surface area contributed by atoms with Gasteiger partial charge in [0.25, 0.3) is 0 Å². The summed E-state index contributed by atoms with van der Waals surface area (Å²) in [4.78, 5) is 16.9. The van der Waals surface area contributed by atoms with Crippen LogP contribution in [0.4, 0.5) is 0 Å². The summed E-state index contributed by atoms with van der Waals surface area (Å²) in [5.74, 6) is 0.253. The number of carbonyl (C=O) groups excluding carboxylic acids is 1. The number of benzene rings is 1. The lowest BCUT2D eigenvalue weighted by atomic mass is 9.99. The molecule has 20 heavy (non-hydrogen) atoms. The van der Waals surface area contributed by atoms with Gasteiger partial charge in [0.15, 0.2) is 5.78 Å². The van der Waals surface area contributed by atoms with E-state index in [9.17, 15) is 4.79 Å². The first-order valence-corrected chi connectivity index (χ1v) is 7.62. The summed E-state index contributed by atoms with van der Waals surface area (Å²) < 4.78 is 0. The number of para-hydroxylation sites is 1. The van der Waals surface area contributed by atoms with Crippen LogP contribution in [0.1, 0.15) is 61.5 Å². The highest BCUT2D eigenvalue weighted by Gasteiger charge is 2.11. The normalized spacial score (nSPS) is 10.9. The van der Waals surface area contributed by atoms with Crippen LogP contribution in [0.5, 0.6) is 0 Å². The minimum absolute atomic E-state index is 0.253. The van der Waals surface area contributed by atoms with Crippen LogP contribution in [-0.4, -0.2) is 10.8 Å². The van der Waals surface area contributed by atoms with Crippen molar-refractivity contribution in [2.24, 2.45) is 0 Å². The molecule has 0 atom stereocenters. The van der Waals surface area contributed by atoms with Gasteiger partial charge in [-0.2, -0.15) is 0 Å². The monoisotopic (exact) mass is 269 g/mol. The van der Waals surface area contributed by atoms with E-state index in [4.69, 9.17) is 0 Å². The Hall–Kier alpha value is -1.70. The van der Waals surface area contributed by atoms with Gasteiger partial charge in [0, 0.05) is 23.1 Å². The molecule has 0 aliphatic rings. The van der Waals surface area contributed by atoms with Gasteiger partial charge < -0.3 is 0 Å². The predicted molar refractivity (Wildman–Crippen MR) is 84.2 cm³/mol. The van der Waals surface area contributed by atoms with Crippen molar-refractivity contribution >= 4 is 16.7 Å². The molecular formula is C18H23NO. The van der Waals surface area contributed by atoms with Crippen molar-refractivity contribution in [2.45, 2.75) is 52.4 Å². The van der Waals surface area contributed by atoms with E-state index < -0.39 is 0 Å². The van der Waals surface area contributed by atoms with E-state index in [1.165, 1.54) is 19.3 Å². The number of ketones is 1. The first-order chi connectivity index (χ1) is 9.72. The van der Waals surface area contributed by atoms with Gasteiger partial charge in [0.05, 0.1) is 5.52 Å². The fourth-order valence-electron chi connectivity index (χ4n) is 2.56. The third-order valence-corrected chi connectivity index (χ3v) is 3.65. The molecule has 1 aromatic carbocycles. The summed E-state index contributed by atoms with van der Waals surface area (Å²) in [7, 11) is 0. The zero-order valence-electron chi connectivity index (χ0n) is 12.5. The summed E-state index contributed by atoms with van der Waals surface area (Å²) in [5, 5.41) is 0.983. The standard InChI is InChI=1S/C18H23NO/c1-3-4-5-6-7-12-18(20)16-13-14(2)19-17-11-9-8-10-15(16)17/h8-11,13H,3-7,12H2,1-2H3. The van der Waals surface area contributed by atoms with Crippen molar-refractivity contribution in [2.75, 3.05) is 0 Å². The van der Waals surface area contributed by atoms with Crippen LogP contribution in [-0.2, 0) is 0 Å². The number of rotatable bonds is 7. The molecule has 0 unspecified atom stereocenters. The van der Waals surface area contributed by atoms with Gasteiger partial charge in [-0.15, -0.1) is 0 Å². The Balaban J connectivity index is 2.09. The van der Waals surface area contributed by atoms with Crippen LogP contribution in [0.25, 0.3) is 10.9 Å². The molecule has 2 nitrogen and oxygen atoms in total. The molecule has 1 aromatic heterocycles. The van der Waals surface area contributed by atoms with Crippen LogP contribution < -0.4 is 0 Å². The number of aromatic nitrogens is 1. The lowest BCUT2D eigenvalue weighted by Gasteiger charge is -2.07. The SMILES string of the molecule is CCCCCCCC(=O)c1cc(C)nc2ccccc12. The highest BCUT2D eigenvalue weighted by atomic mass is 16.1. The second-order valence-corrected chi connectivity index (χ2v) is 5.42. The Bertz CT molecular complexity index is 589. The second kappa shape index (κ2) is 7.18.